The van der Waals surface area contributed by atoms with E-state index in [1.54, 1.807) is 53.9 Å². The van der Waals surface area contributed by atoms with Crippen molar-refractivity contribution in [3.05, 3.63) is 69.3 Å². The molecule has 1 amide bonds. The van der Waals surface area contributed by atoms with Crippen LogP contribution in [0.1, 0.15) is 40.1 Å². The highest BCUT2D eigenvalue weighted by Crippen LogP contribution is 2.23. The number of nitrogens with one attached hydrogen (secondary N) is 2. The van der Waals surface area contributed by atoms with Crippen LogP contribution in [0.15, 0.2) is 48.8 Å². The van der Waals surface area contributed by atoms with E-state index in [1.165, 1.54) is 4.88 Å². The van der Waals surface area contributed by atoms with Crippen LogP contribution >= 0.6 is 22.9 Å². The summed E-state index contributed by atoms with van der Waals surface area (Å²) in [6.07, 6.45) is 4.45. The Hall–Kier alpha value is -2.44. The van der Waals surface area contributed by atoms with Crippen LogP contribution in [0.4, 0.5) is 11.5 Å². The second-order valence-corrected chi connectivity index (χ2v) is 7.36. The zero-order chi connectivity index (χ0) is 18.5. The Labute approximate surface area is 161 Å². The van der Waals surface area contributed by atoms with Crippen molar-refractivity contribution in [2.24, 2.45) is 0 Å². The molecule has 2 N–H and O–H groups in total. The fourth-order valence-electron chi connectivity index (χ4n) is 2.35. The van der Waals surface area contributed by atoms with Gasteiger partial charge in [-0.05, 0) is 43.7 Å². The third-order valence-corrected chi connectivity index (χ3v) is 5.32. The van der Waals surface area contributed by atoms with Crippen molar-refractivity contribution < 1.29 is 4.79 Å². The third kappa shape index (κ3) is 4.59. The fraction of sp³-hybridized carbons (Fsp3) is 0.211. The van der Waals surface area contributed by atoms with Crippen molar-refractivity contribution in [3.8, 4) is 0 Å². The molecule has 1 aromatic carbocycles. The van der Waals surface area contributed by atoms with Gasteiger partial charge in [0, 0.05) is 28.0 Å². The number of pyridine rings is 1. The van der Waals surface area contributed by atoms with Gasteiger partial charge >= 0.3 is 0 Å². The number of halogens is 1. The van der Waals surface area contributed by atoms with Gasteiger partial charge in [-0.3, -0.25) is 4.79 Å². The lowest BCUT2D eigenvalue weighted by Gasteiger charge is -2.12. The first-order valence-electron chi connectivity index (χ1n) is 8.29. The zero-order valence-corrected chi connectivity index (χ0v) is 16.1. The molecule has 0 bridgehead atoms. The summed E-state index contributed by atoms with van der Waals surface area (Å²) >= 11 is 7.62. The molecule has 0 aliphatic carbocycles. The van der Waals surface area contributed by atoms with E-state index in [-0.39, 0.29) is 11.9 Å². The summed E-state index contributed by atoms with van der Waals surface area (Å²) in [6, 6.07) is 10.6. The van der Waals surface area contributed by atoms with Crippen molar-refractivity contribution in [1.29, 1.82) is 0 Å². The Bertz CT molecular complexity index is 895. The number of hydrogen-bond acceptors (Lipinski definition) is 5. The normalized spacial score (nSPS) is 11.8. The lowest BCUT2D eigenvalue weighted by Crippen LogP contribution is -2.13. The first kappa shape index (κ1) is 18.4. The molecule has 0 fully saturated rings. The number of carbonyl (C=O) groups is 1. The molecule has 0 aliphatic rings. The van der Waals surface area contributed by atoms with Crippen LogP contribution in [0.25, 0.3) is 0 Å². The summed E-state index contributed by atoms with van der Waals surface area (Å²) in [5.74, 6) is 0.469. The molecule has 1 unspecified atom stereocenters. The first-order chi connectivity index (χ1) is 12.5. The van der Waals surface area contributed by atoms with Crippen LogP contribution in [-0.2, 0) is 6.42 Å². The average Bonchev–Trinajstić information content (AvgIpc) is 3.12. The second kappa shape index (κ2) is 8.29. The number of aryl methyl sites for hydroxylation is 1. The van der Waals surface area contributed by atoms with E-state index in [0.717, 1.165) is 11.4 Å². The molecule has 2 aromatic heterocycles. The summed E-state index contributed by atoms with van der Waals surface area (Å²) in [4.78, 5) is 22.3. The van der Waals surface area contributed by atoms with E-state index >= 15 is 0 Å². The molecule has 0 spiro atoms. The molecule has 3 rings (SSSR count). The number of amides is 1. The number of aromatic nitrogens is 2. The largest absolute Gasteiger partial charge is 0.361 e. The maximum atomic E-state index is 12.3. The van der Waals surface area contributed by atoms with Gasteiger partial charge in [0.05, 0.1) is 11.6 Å². The van der Waals surface area contributed by atoms with Crippen LogP contribution in [-0.4, -0.2) is 15.9 Å². The third-order valence-electron chi connectivity index (χ3n) is 3.76. The second-order valence-electron chi connectivity index (χ2n) is 5.78. The Morgan fingerprint density at radius 1 is 1.23 bits per heavy atom. The molecule has 5 nitrogen and oxygen atoms in total. The number of hydrogen-bond donors (Lipinski definition) is 2. The van der Waals surface area contributed by atoms with Crippen LogP contribution in [0, 0.1) is 0 Å². The number of carbonyl (C=O) groups excluding carboxylic acids is 1. The predicted molar refractivity (Wildman–Crippen MR) is 107 cm³/mol. The topological polar surface area (TPSA) is 66.9 Å². The minimum absolute atomic E-state index is 0.0546. The minimum atomic E-state index is -0.230. The smallest absolute Gasteiger partial charge is 0.257 e. The molecule has 0 saturated carbocycles. The van der Waals surface area contributed by atoms with Crippen molar-refractivity contribution in [2.75, 3.05) is 10.6 Å². The van der Waals surface area contributed by atoms with Crippen molar-refractivity contribution in [3.63, 3.8) is 0 Å². The van der Waals surface area contributed by atoms with Crippen LogP contribution in [0.2, 0.25) is 5.02 Å². The van der Waals surface area contributed by atoms with E-state index in [0.29, 0.717) is 22.1 Å². The summed E-state index contributed by atoms with van der Waals surface area (Å²) in [5, 5.41) is 7.70. The summed E-state index contributed by atoms with van der Waals surface area (Å²) in [5.41, 5.74) is 1.12. The van der Waals surface area contributed by atoms with Crippen LogP contribution < -0.4 is 10.6 Å². The van der Waals surface area contributed by atoms with Gasteiger partial charge in [-0.2, -0.15) is 0 Å². The number of anilines is 2. The van der Waals surface area contributed by atoms with Crippen LogP contribution in [0.5, 0.6) is 0 Å². The van der Waals surface area contributed by atoms with Gasteiger partial charge in [-0.15, -0.1) is 11.3 Å². The molecule has 7 heteroatoms. The molecule has 1 atom stereocenters. The van der Waals surface area contributed by atoms with Crippen molar-refractivity contribution >= 4 is 40.4 Å². The fourth-order valence-corrected chi connectivity index (χ4v) is 3.40. The van der Waals surface area contributed by atoms with Gasteiger partial charge in [-0.1, -0.05) is 24.6 Å². The molecule has 0 radical (unpaired) electrons. The van der Waals surface area contributed by atoms with Gasteiger partial charge in [0.2, 0.25) is 0 Å². The molecule has 2 heterocycles. The quantitative estimate of drug-likeness (QED) is 0.612. The summed E-state index contributed by atoms with van der Waals surface area (Å²) < 4.78 is 0. The molecule has 0 saturated heterocycles. The molecule has 134 valence electrons. The van der Waals surface area contributed by atoms with Crippen LogP contribution in [0.3, 0.4) is 0 Å². The minimum Gasteiger partial charge on any atom is -0.361 e. The van der Waals surface area contributed by atoms with E-state index in [4.69, 9.17) is 11.6 Å². The molecule has 26 heavy (non-hydrogen) atoms. The van der Waals surface area contributed by atoms with E-state index < -0.39 is 0 Å². The number of benzene rings is 1. The standard InChI is InChI=1S/C19H19ClN4OS/c1-3-16-11-22-19(26-16)12(2)23-17-8-7-13(10-21-17)18(25)24-15-6-4-5-14(20)9-15/h4-12H,3H2,1-2H3,(H,21,23)(H,24,25). The van der Waals surface area contributed by atoms with Gasteiger partial charge < -0.3 is 10.6 Å². The zero-order valence-electron chi connectivity index (χ0n) is 14.5. The highest BCUT2D eigenvalue weighted by molar-refractivity contribution is 7.11. The lowest BCUT2D eigenvalue weighted by molar-refractivity contribution is 0.102. The Kier molecular flexibility index (Phi) is 5.85. The van der Waals surface area contributed by atoms with Gasteiger partial charge in [0.25, 0.3) is 5.91 Å². The number of thiazole rings is 1. The Morgan fingerprint density at radius 3 is 2.73 bits per heavy atom. The predicted octanol–water partition coefficient (Wildman–Crippen LogP) is 5.18. The summed E-state index contributed by atoms with van der Waals surface area (Å²) in [7, 11) is 0. The highest BCUT2D eigenvalue weighted by Gasteiger charge is 2.12. The molecule has 3 aromatic rings. The summed E-state index contributed by atoms with van der Waals surface area (Å²) in [6.45, 7) is 4.16. The first-order valence-corrected chi connectivity index (χ1v) is 9.48. The van der Waals surface area contributed by atoms with Gasteiger partial charge in [0.15, 0.2) is 0 Å². The maximum Gasteiger partial charge on any atom is 0.257 e. The lowest BCUT2D eigenvalue weighted by atomic mass is 10.2. The van der Waals surface area contributed by atoms with E-state index in [1.807, 2.05) is 13.1 Å². The van der Waals surface area contributed by atoms with E-state index in [9.17, 15) is 4.79 Å². The number of rotatable bonds is 6. The Morgan fingerprint density at radius 2 is 2.08 bits per heavy atom. The molecular weight excluding hydrogens is 368 g/mol. The van der Waals surface area contributed by atoms with E-state index in [2.05, 4.69) is 27.5 Å². The number of nitrogens with zero attached hydrogens (tertiary/aromatic N) is 2. The Balaban J connectivity index is 1.63. The van der Waals surface area contributed by atoms with Crippen molar-refractivity contribution in [1.82, 2.24) is 9.97 Å². The average molecular weight is 387 g/mol. The van der Waals surface area contributed by atoms with Crippen molar-refractivity contribution in [2.45, 2.75) is 26.3 Å². The van der Waals surface area contributed by atoms with Gasteiger partial charge in [-0.25, -0.2) is 9.97 Å². The maximum absolute atomic E-state index is 12.3. The highest BCUT2D eigenvalue weighted by atomic mass is 35.5. The monoisotopic (exact) mass is 386 g/mol. The van der Waals surface area contributed by atoms with Gasteiger partial charge in [0.1, 0.15) is 10.8 Å². The SMILES string of the molecule is CCc1cnc(C(C)Nc2ccc(C(=O)Nc3cccc(Cl)c3)cn2)s1. The molecule has 0 aliphatic heterocycles. The molecular formula is C19H19ClN4OS.